The minimum atomic E-state index is -0.327. The highest BCUT2D eigenvalue weighted by Crippen LogP contribution is 2.21. The second-order valence-corrected chi connectivity index (χ2v) is 6.24. The molecule has 26 heavy (non-hydrogen) atoms. The van der Waals surface area contributed by atoms with Crippen molar-refractivity contribution in [3.63, 3.8) is 0 Å². The largest absolute Gasteiger partial charge is 0.467 e. The zero-order valence-electron chi connectivity index (χ0n) is 15.8. The molecule has 0 bridgehead atoms. The van der Waals surface area contributed by atoms with Crippen LogP contribution in [0.2, 0.25) is 0 Å². The van der Waals surface area contributed by atoms with E-state index < -0.39 is 0 Å². The van der Waals surface area contributed by atoms with E-state index in [1.54, 1.807) is 30.2 Å². The first-order valence-electron chi connectivity index (χ1n) is 8.72. The number of nitrogens with one attached hydrogen (secondary N) is 1. The van der Waals surface area contributed by atoms with Gasteiger partial charge in [-0.2, -0.15) is 0 Å². The summed E-state index contributed by atoms with van der Waals surface area (Å²) in [6.45, 7) is 8.61. The molecule has 6 nitrogen and oxygen atoms in total. The van der Waals surface area contributed by atoms with Crippen molar-refractivity contribution in [2.75, 3.05) is 18.5 Å². The van der Waals surface area contributed by atoms with Crippen LogP contribution in [0.4, 0.5) is 10.5 Å². The number of esters is 1. The van der Waals surface area contributed by atoms with Crippen molar-refractivity contribution in [1.29, 1.82) is 0 Å². The van der Waals surface area contributed by atoms with Gasteiger partial charge in [-0.3, -0.25) is 4.79 Å². The Morgan fingerprint density at radius 1 is 1.15 bits per heavy atom. The molecule has 0 unspecified atom stereocenters. The summed E-state index contributed by atoms with van der Waals surface area (Å²) in [5.41, 5.74) is 4.04. The number of rotatable bonds is 7. The van der Waals surface area contributed by atoms with Crippen molar-refractivity contribution < 1.29 is 18.7 Å². The highest BCUT2D eigenvalue weighted by Gasteiger charge is 2.18. The molecule has 1 heterocycles. The predicted octanol–water partition coefficient (Wildman–Crippen LogP) is 4.19. The Balaban J connectivity index is 2.11. The van der Waals surface area contributed by atoms with Crippen LogP contribution in [-0.2, 0) is 16.1 Å². The zero-order chi connectivity index (χ0) is 19.1. The fourth-order valence-electron chi connectivity index (χ4n) is 2.59. The number of urea groups is 1. The van der Waals surface area contributed by atoms with Gasteiger partial charge in [0.2, 0.25) is 0 Å². The molecular formula is C20H26N2O4. The van der Waals surface area contributed by atoms with E-state index in [0.717, 1.165) is 16.8 Å². The van der Waals surface area contributed by atoms with Gasteiger partial charge in [0.05, 0.1) is 25.8 Å². The predicted molar refractivity (Wildman–Crippen MR) is 100 cm³/mol. The van der Waals surface area contributed by atoms with E-state index in [4.69, 9.17) is 9.15 Å². The molecular weight excluding hydrogens is 332 g/mol. The molecule has 6 heteroatoms. The number of hydrogen-bond donors (Lipinski definition) is 1. The summed E-state index contributed by atoms with van der Waals surface area (Å²) in [5, 5.41) is 2.94. The van der Waals surface area contributed by atoms with Crippen molar-refractivity contribution >= 4 is 17.7 Å². The molecule has 0 saturated heterocycles. The maximum Gasteiger partial charge on any atom is 0.322 e. The Morgan fingerprint density at radius 3 is 2.54 bits per heavy atom. The first-order valence-corrected chi connectivity index (χ1v) is 8.72. The van der Waals surface area contributed by atoms with E-state index in [9.17, 15) is 9.59 Å². The van der Waals surface area contributed by atoms with E-state index in [1.165, 1.54) is 5.56 Å². The molecule has 1 aromatic heterocycles. The SMILES string of the molecule is CCOC(=O)CCN(Cc1ccco1)C(=O)Nc1cc(C)c(C)cc1C. The topological polar surface area (TPSA) is 71.8 Å². The first-order chi connectivity index (χ1) is 12.4. The number of nitrogens with zero attached hydrogens (tertiary/aromatic N) is 1. The van der Waals surface area contributed by atoms with Crippen LogP contribution in [0.1, 0.15) is 35.8 Å². The van der Waals surface area contributed by atoms with Crippen LogP contribution in [0.15, 0.2) is 34.9 Å². The lowest BCUT2D eigenvalue weighted by Gasteiger charge is -2.23. The van der Waals surface area contributed by atoms with Gasteiger partial charge in [0.25, 0.3) is 0 Å². The van der Waals surface area contributed by atoms with Gasteiger partial charge in [0, 0.05) is 12.2 Å². The lowest BCUT2D eigenvalue weighted by atomic mass is 10.1. The second-order valence-electron chi connectivity index (χ2n) is 6.24. The maximum absolute atomic E-state index is 12.8. The average molecular weight is 358 g/mol. The van der Waals surface area contributed by atoms with E-state index in [-0.39, 0.29) is 31.5 Å². The Kier molecular flexibility index (Phi) is 6.83. The minimum absolute atomic E-state index is 0.133. The Hall–Kier alpha value is -2.76. The third-order valence-corrected chi connectivity index (χ3v) is 4.19. The lowest BCUT2D eigenvalue weighted by Crippen LogP contribution is -2.36. The number of aryl methyl sites for hydroxylation is 3. The summed E-state index contributed by atoms with van der Waals surface area (Å²) in [4.78, 5) is 26.0. The summed E-state index contributed by atoms with van der Waals surface area (Å²) in [6, 6.07) is 7.28. The number of ether oxygens (including phenoxy) is 1. The molecule has 1 aromatic carbocycles. The van der Waals surface area contributed by atoms with Crippen LogP contribution >= 0.6 is 0 Å². The molecule has 0 spiro atoms. The van der Waals surface area contributed by atoms with E-state index in [2.05, 4.69) is 5.32 Å². The maximum atomic E-state index is 12.8. The van der Waals surface area contributed by atoms with E-state index >= 15 is 0 Å². The molecule has 0 aliphatic heterocycles. The summed E-state index contributed by atoms with van der Waals surface area (Å²) >= 11 is 0. The molecule has 2 rings (SSSR count). The summed E-state index contributed by atoms with van der Waals surface area (Å²) in [7, 11) is 0. The molecule has 1 N–H and O–H groups in total. The van der Waals surface area contributed by atoms with Crippen LogP contribution in [0.25, 0.3) is 0 Å². The van der Waals surface area contributed by atoms with Crippen molar-refractivity contribution in [3.05, 3.63) is 53.0 Å². The fraction of sp³-hybridized carbons (Fsp3) is 0.400. The summed E-state index contributed by atoms with van der Waals surface area (Å²) in [6.07, 6.45) is 1.69. The van der Waals surface area contributed by atoms with Crippen LogP contribution in [0.3, 0.4) is 0 Å². The normalized spacial score (nSPS) is 10.5. The Labute approximate surface area is 154 Å². The molecule has 0 atom stereocenters. The molecule has 140 valence electrons. The molecule has 2 amide bonds. The van der Waals surface area contributed by atoms with Gasteiger partial charge < -0.3 is 19.4 Å². The Morgan fingerprint density at radius 2 is 1.88 bits per heavy atom. The number of carbonyl (C=O) groups excluding carboxylic acids is 2. The van der Waals surface area contributed by atoms with Gasteiger partial charge in [-0.25, -0.2) is 4.79 Å². The fourth-order valence-corrected chi connectivity index (χ4v) is 2.59. The minimum Gasteiger partial charge on any atom is -0.467 e. The van der Waals surface area contributed by atoms with Crippen LogP contribution in [-0.4, -0.2) is 30.1 Å². The highest BCUT2D eigenvalue weighted by atomic mass is 16.5. The van der Waals surface area contributed by atoms with E-state index in [1.807, 2.05) is 32.9 Å². The van der Waals surface area contributed by atoms with E-state index in [0.29, 0.717) is 12.4 Å². The lowest BCUT2D eigenvalue weighted by molar-refractivity contribution is -0.143. The quantitative estimate of drug-likeness (QED) is 0.753. The third kappa shape index (κ3) is 5.37. The van der Waals surface area contributed by atoms with Gasteiger partial charge >= 0.3 is 12.0 Å². The molecule has 0 saturated carbocycles. The summed E-state index contributed by atoms with van der Waals surface area (Å²) < 4.78 is 10.3. The molecule has 0 radical (unpaired) electrons. The summed E-state index contributed by atoms with van der Waals surface area (Å²) in [5.74, 6) is 0.327. The standard InChI is InChI=1S/C20H26N2O4/c1-5-25-19(23)8-9-22(13-17-7-6-10-26-17)20(24)21-18-12-15(3)14(2)11-16(18)4/h6-7,10-12H,5,8-9,13H2,1-4H3,(H,21,24). The van der Waals surface area contributed by atoms with Crippen molar-refractivity contribution in [2.24, 2.45) is 0 Å². The highest BCUT2D eigenvalue weighted by molar-refractivity contribution is 5.90. The second kappa shape index (κ2) is 9.08. The van der Waals surface area contributed by atoms with Crippen LogP contribution in [0, 0.1) is 20.8 Å². The first kappa shape index (κ1) is 19.6. The van der Waals surface area contributed by atoms with Gasteiger partial charge in [-0.15, -0.1) is 0 Å². The third-order valence-electron chi connectivity index (χ3n) is 4.19. The number of furan rings is 1. The van der Waals surface area contributed by atoms with Crippen molar-refractivity contribution in [2.45, 2.75) is 40.7 Å². The van der Waals surface area contributed by atoms with Gasteiger partial charge in [0.15, 0.2) is 0 Å². The molecule has 2 aromatic rings. The zero-order valence-corrected chi connectivity index (χ0v) is 15.8. The number of amides is 2. The van der Waals surface area contributed by atoms with Crippen LogP contribution < -0.4 is 5.32 Å². The monoisotopic (exact) mass is 358 g/mol. The molecule has 0 fully saturated rings. The number of carbonyl (C=O) groups is 2. The van der Waals surface area contributed by atoms with Gasteiger partial charge in [0.1, 0.15) is 5.76 Å². The molecule has 0 aliphatic carbocycles. The van der Waals surface area contributed by atoms with Crippen molar-refractivity contribution in [1.82, 2.24) is 4.90 Å². The molecule has 0 aliphatic rings. The number of benzene rings is 1. The number of anilines is 1. The van der Waals surface area contributed by atoms with Gasteiger partial charge in [-0.05, 0) is 62.6 Å². The van der Waals surface area contributed by atoms with Gasteiger partial charge in [-0.1, -0.05) is 6.07 Å². The number of hydrogen-bond acceptors (Lipinski definition) is 4. The average Bonchev–Trinajstić information content (AvgIpc) is 3.09. The van der Waals surface area contributed by atoms with Crippen molar-refractivity contribution in [3.8, 4) is 0 Å². The smallest absolute Gasteiger partial charge is 0.322 e. The van der Waals surface area contributed by atoms with Crippen LogP contribution in [0.5, 0.6) is 0 Å². The Bertz CT molecular complexity index is 753.